The van der Waals surface area contributed by atoms with Crippen LogP contribution in [0, 0.1) is 0 Å². The average Bonchev–Trinajstić information content (AvgIpc) is 1.85. The van der Waals surface area contributed by atoms with Crippen molar-refractivity contribution in [1.29, 1.82) is 0 Å². The van der Waals surface area contributed by atoms with Crippen molar-refractivity contribution in [3.63, 3.8) is 0 Å². The van der Waals surface area contributed by atoms with Crippen molar-refractivity contribution in [3.8, 4) is 0 Å². The average molecular weight is 192 g/mol. The molecule has 1 amide bonds. The van der Waals surface area contributed by atoms with Gasteiger partial charge in [-0.2, -0.15) is 0 Å². The summed E-state index contributed by atoms with van der Waals surface area (Å²) in [5.74, 6) is -0.495. The van der Waals surface area contributed by atoms with E-state index >= 15 is 0 Å². The largest absolute Gasteiger partial charge is 0.465 e. The number of rotatable bonds is 3. The highest BCUT2D eigenvalue weighted by atomic mass is 35.5. The maximum atomic E-state index is 10.6. The van der Waals surface area contributed by atoms with Crippen LogP contribution in [0.15, 0.2) is 0 Å². The fourth-order valence-corrected chi connectivity index (χ4v) is 0.613. The monoisotopic (exact) mass is 191 g/mol. The first-order valence-electron chi connectivity index (χ1n) is 2.66. The molecule has 0 spiro atoms. The van der Waals surface area contributed by atoms with E-state index in [-0.39, 0.29) is 34.7 Å². The van der Waals surface area contributed by atoms with Crippen molar-refractivity contribution in [2.45, 2.75) is 13.0 Å². The highest BCUT2D eigenvalue weighted by Gasteiger charge is 2.12. The molecule has 0 aliphatic rings. The van der Waals surface area contributed by atoms with Crippen LogP contribution in [0.5, 0.6) is 0 Å². The second-order valence-corrected chi connectivity index (χ2v) is 2.04. The summed E-state index contributed by atoms with van der Waals surface area (Å²) >= 11 is 5.15. The molecule has 0 saturated heterocycles. The standard InChI is InChI=1S/C5H8ClNO3.Mg.2H/c1-3(4(8)2-6)7-5(9)10;;;/h3,7H,2H2,1H3,(H,9,10);;;/t3-;;;/m0.../s1. The van der Waals surface area contributed by atoms with E-state index in [0.717, 1.165) is 0 Å². The Labute approximate surface area is 85.4 Å². The molecule has 6 heteroatoms. The van der Waals surface area contributed by atoms with Gasteiger partial charge in [0.15, 0.2) is 5.78 Å². The van der Waals surface area contributed by atoms with Crippen molar-refractivity contribution < 1.29 is 14.7 Å². The molecule has 0 heterocycles. The molecule has 0 aromatic carbocycles. The Hall–Kier alpha value is -0.00377. The number of hydrogen-bond donors (Lipinski definition) is 2. The van der Waals surface area contributed by atoms with Crippen LogP contribution in [0.25, 0.3) is 0 Å². The zero-order valence-corrected chi connectivity index (χ0v) is 6.18. The van der Waals surface area contributed by atoms with Gasteiger partial charge in [-0.15, -0.1) is 11.6 Å². The van der Waals surface area contributed by atoms with Crippen LogP contribution < -0.4 is 5.32 Å². The zero-order valence-electron chi connectivity index (χ0n) is 5.43. The smallest absolute Gasteiger partial charge is 0.405 e. The summed E-state index contributed by atoms with van der Waals surface area (Å²) in [4.78, 5) is 20.5. The first-order valence-corrected chi connectivity index (χ1v) is 3.19. The molecule has 0 aromatic heterocycles. The predicted octanol–water partition coefficient (Wildman–Crippen LogP) is -0.466. The Kier molecular flexibility index (Phi) is 8.26. The Morgan fingerprint density at radius 3 is 2.36 bits per heavy atom. The number of nitrogens with one attached hydrogen (secondary N) is 1. The quantitative estimate of drug-likeness (QED) is 0.469. The molecule has 1 atom stereocenters. The van der Waals surface area contributed by atoms with Gasteiger partial charge in [-0.25, -0.2) is 4.79 Å². The minimum absolute atomic E-state index is 0. The summed E-state index contributed by atoms with van der Waals surface area (Å²) in [7, 11) is 0. The number of amides is 1. The summed E-state index contributed by atoms with van der Waals surface area (Å²) in [5.41, 5.74) is 0. The second-order valence-electron chi connectivity index (χ2n) is 1.77. The Bertz CT molecular complexity index is 153. The van der Waals surface area contributed by atoms with Gasteiger partial charge in [0.2, 0.25) is 0 Å². The van der Waals surface area contributed by atoms with Gasteiger partial charge in [-0.05, 0) is 6.92 Å². The van der Waals surface area contributed by atoms with Crippen molar-refractivity contribution in [1.82, 2.24) is 5.32 Å². The van der Waals surface area contributed by atoms with Gasteiger partial charge in [-0.3, -0.25) is 4.79 Å². The molecule has 0 radical (unpaired) electrons. The van der Waals surface area contributed by atoms with E-state index in [0.29, 0.717) is 0 Å². The van der Waals surface area contributed by atoms with E-state index in [2.05, 4.69) is 0 Å². The maximum Gasteiger partial charge on any atom is 0.405 e. The van der Waals surface area contributed by atoms with Gasteiger partial charge in [0.25, 0.3) is 0 Å². The molecular weight excluding hydrogens is 182 g/mol. The Morgan fingerprint density at radius 1 is 1.64 bits per heavy atom. The molecule has 0 fully saturated rings. The summed E-state index contributed by atoms with van der Waals surface area (Å²) in [6.45, 7) is 1.44. The van der Waals surface area contributed by atoms with Crippen molar-refractivity contribution in [3.05, 3.63) is 0 Å². The fraction of sp³-hybridized carbons (Fsp3) is 0.600. The van der Waals surface area contributed by atoms with Crippen LogP contribution in [0.4, 0.5) is 4.79 Å². The number of Topliss-reactive ketones (excluding diaryl/α,β-unsaturated/α-hetero) is 1. The van der Waals surface area contributed by atoms with Gasteiger partial charge in [0.05, 0.1) is 11.9 Å². The molecule has 0 bridgehead atoms. The number of alkyl halides is 1. The Balaban J connectivity index is 0. The molecule has 0 aliphatic heterocycles. The third-order valence-electron chi connectivity index (χ3n) is 0.955. The first kappa shape index (κ1) is 13.6. The lowest BCUT2D eigenvalue weighted by Gasteiger charge is -2.06. The number of carboxylic acid groups (broad SMARTS) is 1. The van der Waals surface area contributed by atoms with Crippen LogP contribution in [0.3, 0.4) is 0 Å². The van der Waals surface area contributed by atoms with Crippen LogP contribution >= 0.6 is 11.6 Å². The van der Waals surface area contributed by atoms with Crippen molar-refractivity contribution in [2.75, 3.05) is 5.88 Å². The fourth-order valence-electron chi connectivity index (χ4n) is 0.381. The molecule has 0 aromatic rings. The van der Waals surface area contributed by atoms with Crippen LogP contribution in [0.2, 0.25) is 0 Å². The van der Waals surface area contributed by atoms with Gasteiger partial charge < -0.3 is 10.4 Å². The van der Waals surface area contributed by atoms with Gasteiger partial charge >= 0.3 is 29.1 Å². The maximum absolute atomic E-state index is 10.6. The zero-order chi connectivity index (χ0) is 8.15. The minimum atomic E-state index is -1.22. The molecule has 4 nitrogen and oxygen atoms in total. The molecule has 0 rings (SSSR count). The number of halogens is 1. The summed E-state index contributed by atoms with van der Waals surface area (Å²) in [6.07, 6.45) is -1.22. The lowest BCUT2D eigenvalue weighted by molar-refractivity contribution is -0.118. The van der Waals surface area contributed by atoms with Gasteiger partial charge in [-0.1, -0.05) is 0 Å². The highest BCUT2D eigenvalue weighted by Crippen LogP contribution is 1.87. The third-order valence-corrected chi connectivity index (χ3v) is 1.22. The van der Waals surface area contributed by atoms with E-state index < -0.39 is 12.1 Å². The second kappa shape index (κ2) is 6.69. The van der Waals surface area contributed by atoms with E-state index in [1.54, 1.807) is 0 Å². The van der Waals surface area contributed by atoms with Crippen molar-refractivity contribution >= 4 is 46.5 Å². The third kappa shape index (κ3) is 6.40. The SMILES string of the molecule is C[C@H](NC(=O)O)C(=O)CCl.[MgH2]. The summed E-state index contributed by atoms with van der Waals surface area (Å²) < 4.78 is 0. The minimum Gasteiger partial charge on any atom is -0.465 e. The molecule has 0 saturated carbocycles. The summed E-state index contributed by atoms with van der Waals surface area (Å²) in [6, 6.07) is -0.713. The van der Waals surface area contributed by atoms with Crippen molar-refractivity contribution in [2.24, 2.45) is 0 Å². The topological polar surface area (TPSA) is 66.4 Å². The van der Waals surface area contributed by atoms with E-state index in [1.165, 1.54) is 6.92 Å². The number of carbonyl (C=O) groups is 2. The first-order chi connectivity index (χ1) is 4.57. The molecular formula is C5H10ClMgNO3. The van der Waals surface area contributed by atoms with Gasteiger partial charge in [0, 0.05) is 0 Å². The molecule has 62 valence electrons. The van der Waals surface area contributed by atoms with Crippen LogP contribution in [0.1, 0.15) is 6.92 Å². The molecule has 0 aliphatic carbocycles. The highest BCUT2D eigenvalue weighted by molar-refractivity contribution is 6.28. The van der Waals surface area contributed by atoms with Crippen LogP contribution in [-0.2, 0) is 4.79 Å². The lowest BCUT2D eigenvalue weighted by Crippen LogP contribution is -2.38. The van der Waals surface area contributed by atoms with E-state index in [9.17, 15) is 9.59 Å². The molecule has 2 N–H and O–H groups in total. The molecule has 0 unspecified atom stereocenters. The number of hydrogen-bond acceptors (Lipinski definition) is 2. The summed E-state index contributed by atoms with van der Waals surface area (Å²) in [5, 5.41) is 10.1. The number of carbonyl (C=O) groups excluding carboxylic acids is 1. The Morgan fingerprint density at radius 2 is 2.09 bits per heavy atom. The predicted molar refractivity (Wildman–Crippen MR) is 44.9 cm³/mol. The van der Waals surface area contributed by atoms with E-state index in [1.807, 2.05) is 5.32 Å². The van der Waals surface area contributed by atoms with Crippen LogP contribution in [-0.4, -0.2) is 52.0 Å². The van der Waals surface area contributed by atoms with Gasteiger partial charge in [0.1, 0.15) is 0 Å². The number of ketones is 1. The van der Waals surface area contributed by atoms with E-state index in [4.69, 9.17) is 16.7 Å². The molecule has 11 heavy (non-hydrogen) atoms. The normalized spacial score (nSPS) is 11.1. The lowest BCUT2D eigenvalue weighted by atomic mass is 10.2.